The lowest BCUT2D eigenvalue weighted by molar-refractivity contribution is 0.284. The van der Waals surface area contributed by atoms with Crippen LogP contribution in [0.4, 0.5) is 10.1 Å². The molecule has 2 N–H and O–H groups in total. The molecule has 0 unspecified atom stereocenters. The Hall–Kier alpha value is -1.88. The number of halogens is 1. The number of rotatable bonds is 9. The number of hydrogen-bond donors (Lipinski definition) is 2. The van der Waals surface area contributed by atoms with E-state index in [-0.39, 0.29) is 23.9 Å². The molecule has 0 amide bonds. The molecule has 5 heteroatoms. The van der Waals surface area contributed by atoms with E-state index in [0.717, 1.165) is 37.6 Å². The van der Waals surface area contributed by atoms with Crippen molar-refractivity contribution in [2.45, 2.75) is 90.1 Å². The fraction of sp³-hybridized carbons (Fsp3) is 0.625. The molecule has 3 rings (SSSR count). The van der Waals surface area contributed by atoms with Gasteiger partial charge in [0, 0.05) is 35.8 Å². The highest BCUT2D eigenvalue weighted by molar-refractivity contribution is 5.83. The average molecular weight is 403 g/mol. The molecular weight excluding hydrogens is 367 g/mol. The van der Waals surface area contributed by atoms with Gasteiger partial charge in [-0.25, -0.2) is 4.39 Å². The Bertz CT molecular complexity index is 867. The predicted molar refractivity (Wildman–Crippen MR) is 118 cm³/mol. The Kier molecular flexibility index (Phi) is 7.70. The zero-order chi connectivity index (χ0) is 20.8. The van der Waals surface area contributed by atoms with Gasteiger partial charge in [-0.2, -0.15) is 0 Å². The molecule has 1 aromatic carbocycles. The molecule has 1 heterocycles. The number of anilines is 1. The summed E-state index contributed by atoms with van der Waals surface area (Å²) in [6.45, 7) is 4.42. The van der Waals surface area contributed by atoms with E-state index in [1.807, 2.05) is 12.3 Å². The highest BCUT2D eigenvalue weighted by Crippen LogP contribution is 2.29. The number of benzene rings is 1. The van der Waals surface area contributed by atoms with Crippen LogP contribution in [0.1, 0.15) is 83.2 Å². The summed E-state index contributed by atoms with van der Waals surface area (Å²) in [6, 6.07) is 3.85. The van der Waals surface area contributed by atoms with Gasteiger partial charge in [-0.1, -0.05) is 33.1 Å². The lowest BCUT2D eigenvalue weighted by atomic mass is 9.95. The van der Waals surface area contributed by atoms with Gasteiger partial charge in [-0.05, 0) is 57.1 Å². The Morgan fingerprint density at radius 1 is 1.17 bits per heavy atom. The summed E-state index contributed by atoms with van der Waals surface area (Å²) in [7, 11) is 0. The second-order valence-electron chi connectivity index (χ2n) is 8.37. The summed E-state index contributed by atoms with van der Waals surface area (Å²) >= 11 is 0. The van der Waals surface area contributed by atoms with Crippen LogP contribution >= 0.6 is 0 Å². The van der Waals surface area contributed by atoms with E-state index in [1.54, 1.807) is 0 Å². The van der Waals surface area contributed by atoms with Crippen molar-refractivity contribution < 1.29 is 9.50 Å². The molecule has 1 fully saturated rings. The number of pyridine rings is 1. The quantitative estimate of drug-likeness (QED) is 0.540. The number of aliphatic hydroxyl groups excluding tert-OH is 1. The first-order valence-electron chi connectivity index (χ1n) is 11.3. The minimum absolute atomic E-state index is 0.0803. The van der Waals surface area contributed by atoms with E-state index in [1.165, 1.54) is 25.3 Å². The predicted octanol–water partition coefficient (Wildman–Crippen LogP) is 5.56. The largest absolute Gasteiger partial charge is 0.396 e. The maximum atomic E-state index is 14.9. The van der Waals surface area contributed by atoms with Crippen molar-refractivity contribution in [3.8, 4) is 0 Å². The van der Waals surface area contributed by atoms with Crippen molar-refractivity contribution in [3.63, 3.8) is 0 Å². The van der Waals surface area contributed by atoms with Crippen molar-refractivity contribution in [3.05, 3.63) is 39.9 Å². The normalized spacial score (nSPS) is 15.3. The number of aryl methyl sites for hydroxylation is 1. The van der Waals surface area contributed by atoms with Crippen LogP contribution in [0.3, 0.4) is 0 Å². The molecule has 0 spiro atoms. The molecule has 1 aliphatic carbocycles. The number of nitrogens with one attached hydrogen (secondary N) is 1. The second-order valence-corrected chi connectivity index (χ2v) is 8.37. The molecule has 1 saturated carbocycles. The molecule has 1 aliphatic rings. The van der Waals surface area contributed by atoms with Crippen LogP contribution in [0.5, 0.6) is 0 Å². The summed E-state index contributed by atoms with van der Waals surface area (Å²) in [5.74, 6) is -0.344. The lowest BCUT2D eigenvalue weighted by Crippen LogP contribution is -2.23. The van der Waals surface area contributed by atoms with Gasteiger partial charge in [0.1, 0.15) is 5.82 Å². The molecule has 29 heavy (non-hydrogen) atoms. The van der Waals surface area contributed by atoms with Crippen LogP contribution in [0, 0.1) is 5.82 Å². The molecular formula is C24H35FN2O2. The summed E-state index contributed by atoms with van der Waals surface area (Å²) < 4.78 is 17.1. The number of fused-ring (bicyclic) bond motifs is 1. The van der Waals surface area contributed by atoms with Crippen molar-refractivity contribution in [2.24, 2.45) is 0 Å². The first-order chi connectivity index (χ1) is 14.1. The van der Waals surface area contributed by atoms with Gasteiger partial charge < -0.3 is 15.0 Å². The van der Waals surface area contributed by atoms with Crippen LogP contribution in [-0.2, 0) is 6.42 Å². The third-order valence-corrected chi connectivity index (χ3v) is 6.35. The van der Waals surface area contributed by atoms with Crippen LogP contribution < -0.4 is 10.7 Å². The van der Waals surface area contributed by atoms with Gasteiger partial charge in [0.15, 0.2) is 5.43 Å². The maximum Gasteiger partial charge on any atom is 0.192 e. The Morgan fingerprint density at radius 3 is 2.55 bits per heavy atom. The molecule has 4 nitrogen and oxygen atoms in total. The Morgan fingerprint density at radius 2 is 1.90 bits per heavy atom. The minimum Gasteiger partial charge on any atom is -0.396 e. The van der Waals surface area contributed by atoms with Gasteiger partial charge in [0.2, 0.25) is 0 Å². The Labute approximate surface area is 173 Å². The smallest absolute Gasteiger partial charge is 0.192 e. The lowest BCUT2D eigenvalue weighted by Gasteiger charge is -2.26. The van der Waals surface area contributed by atoms with Gasteiger partial charge >= 0.3 is 0 Å². The topological polar surface area (TPSA) is 54.3 Å². The van der Waals surface area contributed by atoms with E-state index in [2.05, 4.69) is 23.7 Å². The van der Waals surface area contributed by atoms with Crippen molar-refractivity contribution in [1.82, 2.24) is 4.57 Å². The van der Waals surface area contributed by atoms with Crippen LogP contribution in [0.25, 0.3) is 10.9 Å². The first kappa shape index (κ1) is 21.8. The molecule has 160 valence electrons. The monoisotopic (exact) mass is 402 g/mol. The van der Waals surface area contributed by atoms with E-state index in [9.17, 15) is 9.18 Å². The van der Waals surface area contributed by atoms with Gasteiger partial charge in [0.05, 0.1) is 11.2 Å². The number of aromatic nitrogens is 1. The summed E-state index contributed by atoms with van der Waals surface area (Å²) in [5, 5.41) is 12.9. The SMILES string of the molecule is CCC(CC)n1cc(CCCCO)c(=O)c2cc(F)c(NC3CCCCC3)cc21. The van der Waals surface area contributed by atoms with Gasteiger partial charge in [-0.3, -0.25) is 4.79 Å². The number of hydrogen-bond acceptors (Lipinski definition) is 3. The zero-order valence-corrected chi connectivity index (χ0v) is 17.8. The summed E-state index contributed by atoms with van der Waals surface area (Å²) in [6.07, 6.45) is 11.7. The van der Waals surface area contributed by atoms with E-state index in [0.29, 0.717) is 35.5 Å². The molecule has 1 aromatic heterocycles. The van der Waals surface area contributed by atoms with Crippen LogP contribution in [0.15, 0.2) is 23.1 Å². The second kappa shape index (κ2) is 10.2. The maximum absolute atomic E-state index is 14.9. The Balaban J connectivity index is 2.07. The van der Waals surface area contributed by atoms with E-state index < -0.39 is 0 Å². The third kappa shape index (κ3) is 5.00. The molecule has 0 bridgehead atoms. The van der Waals surface area contributed by atoms with Crippen LogP contribution in [-0.4, -0.2) is 22.3 Å². The first-order valence-corrected chi connectivity index (χ1v) is 11.3. The summed E-state index contributed by atoms with van der Waals surface area (Å²) in [5.41, 5.74) is 1.96. The fourth-order valence-electron chi connectivity index (χ4n) is 4.59. The van der Waals surface area contributed by atoms with Gasteiger partial charge in [0.25, 0.3) is 0 Å². The van der Waals surface area contributed by atoms with Crippen molar-refractivity contribution >= 4 is 16.6 Å². The standard InChI is InChI=1S/C24H35FN2O2/c1-3-19(4-2)27-16-17(10-8-9-13-28)24(29)20-14-21(25)22(15-23(20)27)26-18-11-6-5-7-12-18/h14-16,18-19,26,28H,3-13H2,1-2H3. The third-order valence-electron chi connectivity index (χ3n) is 6.35. The average Bonchev–Trinajstić information content (AvgIpc) is 2.73. The fourth-order valence-corrected chi connectivity index (χ4v) is 4.59. The van der Waals surface area contributed by atoms with Gasteiger partial charge in [-0.15, -0.1) is 0 Å². The molecule has 0 aliphatic heterocycles. The number of aliphatic hydroxyl groups is 1. The zero-order valence-electron chi connectivity index (χ0n) is 17.8. The number of unbranched alkanes of at least 4 members (excludes halogenated alkanes) is 1. The summed E-state index contributed by atoms with van der Waals surface area (Å²) in [4.78, 5) is 13.1. The van der Waals surface area contributed by atoms with Crippen LogP contribution in [0.2, 0.25) is 0 Å². The highest BCUT2D eigenvalue weighted by atomic mass is 19.1. The van der Waals surface area contributed by atoms with Crippen molar-refractivity contribution in [1.29, 1.82) is 0 Å². The molecule has 2 aromatic rings. The van der Waals surface area contributed by atoms with E-state index in [4.69, 9.17) is 5.11 Å². The number of nitrogens with zero attached hydrogens (tertiary/aromatic N) is 1. The van der Waals surface area contributed by atoms with Crippen molar-refractivity contribution in [2.75, 3.05) is 11.9 Å². The van der Waals surface area contributed by atoms with E-state index >= 15 is 0 Å². The highest BCUT2D eigenvalue weighted by Gasteiger charge is 2.19. The molecule has 0 atom stereocenters. The molecule has 0 saturated heterocycles. The molecule has 0 radical (unpaired) electrons. The minimum atomic E-state index is -0.344.